The summed E-state index contributed by atoms with van der Waals surface area (Å²) < 4.78 is 13.7. The van der Waals surface area contributed by atoms with Gasteiger partial charge in [0, 0.05) is 27.0 Å². The zero-order chi connectivity index (χ0) is 20.8. The highest BCUT2D eigenvalue weighted by Gasteiger charge is 2.41. The van der Waals surface area contributed by atoms with Crippen molar-refractivity contribution in [1.82, 2.24) is 5.01 Å². The standard InChI is InChI=1S/C23H17Br2ClN2O2/c1-29-17-8-4-13(5-9-17)20-12-21-18-10-15(24)11-19(25)22(18)30-23(28(21)27-20)14-2-6-16(26)7-3-14/h2-11,21,23H,12H2,1H3/t21-,23-/m0/s1. The third-order valence-corrected chi connectivity index (χ3v) is 6.69. The maximum Gasteiger partial charge on any atom is 0.213 e. The largest absolute Gasteiger partial charge is 0.497 e. The Kier molecular flexibility index (Phi) is 5.25. The molecular weight excluding hydrogens is 532 g/mol. The number of ether oxygens (including phenoxy) is 2. The monoisotopic (exact) mass is 546 g/mol. The lowest BCUT2D eigenvalue weighted by Gasteiger charge is -2.38. The van der Waals surface area contributed by atoms with Crippen LogP contribution < -0.4 is 9.47 Å². The van der Waals surface area contributed by atoms with E-state index in [9.17, 15) is 0 Å². The van der Waals surface area contributed by atoms with Gasteiger partial charge >= 0.3 is 0 Å². The molecule has 0 spiro atoms. The van der Waals surface area contributed by atoms with Gasteiger partial charge in [-0.3, -0.25) is 0 Å². The van der Waals surface area contributed by atoms with Crippen LogP contribution in [0.15, 0.2) is 74.7 Å². The average Bonchev–Trinajstić information content (AvgIpc) is 3.20. The van der Waals surface area contributed by atoms with E-state index in [1.165, 1.54) is 0 Å². The minimum absolute atomic E-state index is 0.0697. The van der Waals surface area contributed by atoms with Crippen LogP contribution in [-0.2, 0) is 0 Å². The molecule has 3 aromatic rings. The van der Waals surface area contributed by atoms with E-state index in [2.05, 4.69) is 42.9 Å². The predicted molar refractivity (Wildman–Crippen MR) is 125 cm³/mol. The minimum atomic E-state index is -0.340. The van der Waals surface area contributed by atoms with E-state index in [-0.39, 0.29) is 12.3 Å². The summed E-state index contributed by atoms with van der Waals surface area (Å²) in [4.78, 5) is 0. The molecule has 2 aliphatic heterocycles. The second kappa shape index (κ2) is 7.91. The van der Waals surface area contributed by atoms with Crippen LogP contribution in [0.5, 0.6) is 11.5 Å². The summed E-state index contributed by atoms with van der Waals surface area (Å²) in [5.74, 6) is 1.68. The first kappa shape index (κ1) is 19.9. The van der Waals surface area contributed by atoms with Gasteiger partial charge in [-0.05, 0) is 70.0 Å². The van der Waals surface area contributed by atoms with Crippen LogP contribution in [0.2, 0.25) is 5.02 Å². The maximum absolute atomic E-state index is 6.47. The smallest absolute Gasteiger partial charge is 0.213 e. The predicted octanol–water partition coefficient (Wildman–Crippen LogP) is 7.12. The second-order valence-electron chi connectivity index (χ2n) is 7.20. The van der Waals surface area contributed by atoms with Crippen LogP contribution in [-0.4, -0.2) is 17.8 Å². The molecule has 4 nitrogen and oxygen atoms in total. The van der Waals surface area contributed by atoms with Gasteiger partial charge < -0.3 is 9.47 Å². The van der Waals surface area contributed by atoms with Crippen molar-refractivity contribution in [2.75, 3.05) is 7.11 Å². The third-order valence-electron chi connectivity index (χ3n) is 5.39. The van der Waals surface area contributed by atoms with Crippen molar-refractivity contribution in [3.8, 4) is 11.5 Å². The quantitative estimate of drug-likeness (QED) is 0.350. The first-order chi connectivity index (χ1) is 14.5. The molecular formula is C23H17Br2ClN2O2. The Balaban J connectivity index is 1.60. The van der Waals surface area contributed by atoms with Gasteiger partial charge in [0.1, 0.15) is 11.5 Å². The number of benzene rings is 3. The van der Waals surface area contributed by atoms with Gasteiger partial charge in [-0.2, -0.15) is 5.10 Å². The number of halogens is 3. The van der Waals surface area contributed by atoms with Crippen molar-refractivity contribution in [3.63, 3.8) is 0 Å². The maximum atomic E-state index is 6.47. The summed E-state index contributed by atoms with van der Waals surface area (Å²) in [6.45, 7) is 0. The number of nitrogens with zero attached hydrogens (tertiary/aromatic N) is 2. The number of hydrazone groups is 1. The number of methoxy groups -OCH3 is 1. The van der Waals surface area contributed by atoms with Crippen LogP contribution in [0.3, 0.4) is 0 Å². The fourth-order valence-corrected chi connectivity index (χ4v) is 5.40. The van der Waals surface area contributed by atoms with Crippen LogP contribution in [0.4, 0.5) is 0 Å². The molecule has 0 amide bonds. The highest BCUT2D eigenvalue weighted by molar-refractivity contribution is 9.11. The fraction of sp³-hybridized carbons (Fsp3) is 0.174. The topological polar surface area (TPSA) is 34.1 Å². The summed E-state index contributed by atoms with van der Waals surface area (Å²) in [5.41, 5.74) is 4.21. The first-order valence-electron chi connectivity index (χ1n) is 9.45. The Hall–Kier alpha value is -2.02. The summed E-state index contributed by atoms with van der Waals surface area (Å²) in [6.07, 6.45) is 0.448. The van der Waals surface area contributed by atoms with E-state index in [1.807, 2.05) is 54.6 Å². The Bertz CT molecular complexity index is 1130. The van der Waals surface area contributed by atoms with Gasteiger partial charge in [-0.1, -0.05) is 39.7 Å². The van der Waals surface area contributed by atoms with Crippen LogP contribution in [0, 0.1) is 0 Å². The first-order valence-corrected chi connectivity index (χ1v) is 11.4. The lowest BCUT2D eigenvalue weighted by molar-refractivity contribution is -0.0197. The molecule has 30 heavy (non-hydrogen) atoms. The molecule has 0 aliphatic carbocycles. The molecule has 0 fully saturated rings. The zero-order valence-corrected chi connectivity index (χ0v) is 19.9. The van der Waals surface area contributed by atoms with Gasteiger partial charge in [0.05, 0.1) is 23.3 Å². The average molecular weight is 549 g/mol. The van der Waals surface area contributed by atoms with E-state index in [1.54, 1.807) is 7.11 Å². The number of hydrogen-bond donors (Lipinski definition) is 0. The van der Waals surface area contributed by atoms with Gasteiger partial charge in [0.15, 0.2) is 0 Å². The number of hydrogen-bond acceptors (Lipinski definition) is 4. The molecule has 0 saturated carbocycles. The molecule has 0 aromatic heterocycles. The number of fused-ring (bicyclic) bond motifs is 3. The van der Waals surface area contributed by atoms with E-state index in [4.69, 9.17) is 26.2 Å². The van der Waals surface area contributed by atoms with E-state index in [0.29, 0.717) is 5.02 Å². The third kappa shape index (κ3) is 3.51. The molecule has 0 unspecified atom stereocenters. The molecule has 152 valence electrons. The summed E-state index contributed by atoms with van der Waals surface area (Å²) >= 11 is 13.4. The van der Waals surface area contributed by atoms with Crippen LogP contribution >= 0.6 is 43.5 Å². The summed E-state index contributed by atoms with van der Waals surface area (Å²) in [5, 5.41) is 7.75. The Labute approximate surface area is 196 Å². The lowest BCUT2D eigenvalue weighted by atomic mass is 9.96. The van der Waals surface area contributed by atoms with Crippen molar-refractivity contribution >= 4 is 49.2 Å². The van der Waals surface area contributed by atoms with Crippen LogP contribution in [0.25, 0.3) is 0 Å². The molecule has 2 atom stereocenters. The Morgan fingerprint density at radius 2 is 1.80 bits per heavy atom. The lowest BCUT2D eigenvalue weighted by Crippen LogP contribution is -2.33. The Morgan fingerprint density at radius 1 is 1.07 bits per heavy atom. The molecule has 7 heteroatoms. The van der Waals surface area contributed by atoms with Crippen LogP contribution in [0.1, 0.15) is 35.4 Å². The van der Waals surface area contributed by atoms with E-state index < -0.39 is 0 Å². The van der Waals surface area contributed by atoms with E-state index >= 15 is 0 Å². The van der Waals surface area contributed by atoms with Crippen molar-refractivity contribution in [2.24, 2.45) is 5.10 Å². The summed E-state index contributed by atoms with van der Waals surface area (Å²) in [7, 11) is 1.67. The minimum Gasteiger partial charge on any atom is -0.497 e. The summed E-state index contributed by atoms with van der Waals surface area (Å²) in [6, 6.07) is 19.9. The molecule has 0 radical (unpaired) electrons. The normalized spacial score (nSPS) is 19.6. The highest BCUT2D eigenvalue weighted by atomic mass is 79.9. The molecule has 0 N–H and O–H groups in total. The fourth-order valence-electron chi connectivity index (χ4n) is 3.92. The zero-order valence-electron chi connectivity index (χ0n) is 16.0. The van der Waals surface area contributed by atoms with E-state index in [0.717, 1.165) is 49.3 Å². The van der Waals surface area contributed by atoms with Gasteiger partial charge in [-0.15, -0.1) is 0 Å². The van der Waals surface area contributed by atoms with Crippen molar-refractivity contribution in [3.05, 3.63) is 91.3 Å². The SMILES string of the molecule is COc1ccc(C2=NN3[C@@H](C2)c2cc(Br)cc(Br)c2O[C@H]3c2ccc(Cl)cc2)cc1. The second-order valence-corrected chi connectivity index (χ2v) is 9.41. The molecule has 0 saturated heterocycles. The molecule has 2 heterocycles. The molecule has 2 aliphatic rings. The highest BCUT2D eigenvalue weighted by Crippen LogP contribution is 2.50. The van der Waals surface area contributed by atoms with Crippen molar-refractivity contribution < 1.29 is 9.47 Å². The van der Waals surface area contributed by atoms with Crippen molar-refractivity contribution in [1.29, 1.82) is 0 Å². The van der Waals surface area contributed by atoms with Crippen molar-refractivity contribution in [2.45, 2.75) is 18.7 Å². The molecule has 5 rings (SSSR count). The van der Waals surface area contributed by atoms with Gasteiger partial charge in [-0.25, -0.2) is 5.01 Å². The van der Waals surface area contributed by atoms with Gasteiger partial charge in [0.2, 0.25) is 6.23 Å². The number of rotatable bonds is 3. The molecule has 3 aromatic carbocycles. The Morgan fingerprint density at radius 3 is 2.50 bits per heavy atom. The van der Waals surface area contributed by atoms with Gasteiger partial charge in [0.25, 0.3) is 0 Å². The molecule has 0 bridgehead atoms.